The maximum atomic E-state index is 14.3. The molecule has 8 nitrogen and oxygen atoms in total. The molecule has 1 aliphatic heterocycles. The van der Waals surface area contributed by atoms with Crippen molar-refractivity contribution in [1.82, 2.24) is 14.6 Å². The minimum atomic E-state index is -1.30. The average Bonchev–Trinajstić information content (AvgIpc) is 3.44. The number of aliphatic carboxylic acids is 1. The van der Waals surface area contributed by atoms with Gasteiger partial charge in [-0.2, -0.15) is 5.10 Å². The van der Waals surface area contributed by atoms with Crippen LogP contribution in [0.4, 0.5) is 4.39 Å². The third kappa shape index (κ3) is 7.00. The van der Waals surface area contributed by atoms with Crippen molar-refractivity contribution < 1.29 is 28.5 Å². The predicted octanol–water partition coefficient (Wildman–Crippen LogP) is 8.76. The summed E-state index contributed by atoms with van der Waals surface area (Å²) in [6.45, 7) is 10.3. The number of fused-ring (bicyclic) bond motifs is 9. The summed E-state index contributed by atoms with van der Waals surface area (Å²) >= 11 is 0. The highest BCUT2D eigenvalue weighted by Gasteiger charge is 2.33. The van der Waals surface area contributed by atoms with E-state index in [1.54, 1.807) is 17.5 Å². The van der Waals surface area contributed by atoms with Crippen molar-refractivity contribution >= 4 is 11.6 Å². The molecular weight excluding hydrogens is 597 g/mol. The molecule has 1 atom stereocenters. The fourth-order valence-corrected chi connectivity index (χ4v) is 5.98. The molecule has 6 rings (SSSR count). The minimum Gasteiger partial charge on any atom is -0.493 e. The van der Waals surface area contributed by atoms with Gasteiger partial charge < -0.3 is 19.3 Å². The van der Waals surface area contributed by atoms with Gasteiger partial charge in [-0.3, -0.25) is 0 Å². The molecule has 9 heteroatoms. The zero-order valence-corrected chi connectivity index (χ0v) is 27.5. The number of carboxylic acids is 1. The SMILES string of the molecule is Cc1ccc2cc1OCCCCCCOc1cc(F)ccc1-c1cccc(c1)-c1cc3nc(C)c([C@H](OC(C)(C)C)C(=O)O)c-2n3n1. The molecule has 1 aliphatic rings. The Morgan fingerprint density at radius 2 is 1.62 bits per heavy atom. The lowest BCUT2D eigenvalue weighted by Crippen LogP contribution is -2.29. The lowest BCUT2D eigenvalue weighted by molar-refractivity contribution is -0.160. The van der Waals surface area contributed by atoms with Gasteiger partial charge in [0.25, 0.3) is 0 Å². The van der Waals surface area contributed by atoms with Gasteiger partial charge in [0, 0.05) is 40.1 Å². The van der Waals surface area contributed by atoms with E-state index in [4.69, 9.17) is 24.3 Å². The molecule has 0 amide bonds. The van der Waals surface area contributed by atoms with E-state index in [9.17, 15) is 14.3 Å². The van der Waals surface area contributed by atoms with Crippen molar-refractivity contribution in [3.63, 3.8) is 0 Å². The molecule has 0 saturated heterocycles. The number of ether oxygens (including phenoxy) is 3. The molecule has 0 radical (unpaired) electrons. The van der Waals surface area contributed by atoms with Crippen LogP contribution in [0.3, 0.4) is 0 Å². The van der Waals surface area contributed by atoms with Crippen LogP contribution in [0.15, 0.2) is 66.7 Å². The van der Waals surface area contributed by atoms with Crippen LogP contribution < -0.4 is 9.47 Å². The van der Waals surface area contributed by atoms with Gasteiger partial charge in [0.05, 0.1) is 30.2 Å². The molecule has 0 unspecified atom stereocenters. The largest absolute Gasteiger partial charge is 0.493 e. The number of aromatic nitrogens is 3. The zero-order chi connectivity index (χ0) is 33.3. The van der Waals surface area contributed by atoms with Gasteiger partial charge in [0.2, 0.25) is 0 Å². The van der Waals surface area contributed by atoms with Gasteiger partial charge in [-0.25, -0.2) is 18.7 Å². The number of benzene rings is 3. The summed E-state index contributed by atoms with van der Waals surface area (Å²) in [5.41, 5.74) is 6.15. The van der Waals surface area contributed by atoms with Crippen molar-refractivity contribution in [1.29, 1.82) is 0 Å². The Kier molecular flexibility index (Phi) is 9.01. The van der Waals surface area contributed by atoms with E-state index < -0.39 is 17.7 Å². The first kappa shape index (κ1) is 32.2. The molecule has 1 N–H and O–H groups in total. The van der Waals surface area contributed by atoms with E-state index in [-0.39, 0.29) is 5.82 Å². The topological polar surface area (TPSA) is 95.2 Å². The van der Waals surface area contributed by atoms with E-state index in [1.807, 2.05) is 76.2 Å². The molecule has 6 bridgehead atoms. The highest BCUT2D eigenvalue weighted by atomic mass is 19.1. The third-order valence-corrected chi connectivity index (χ3v) is 8.22. The lowest BCUT2D eigenvalue weighted by atomic mass is 9.98. The van der Waals surface area contributed by atoms with Gasteiger partial charge in [0.15, 0.2) is 11.8 Å². The van der Waals surface area contributed by atoms with E-state index in [0.29, 0.717) is 47.3 Å². The number of carbonyl (C=O) groups is 1. The second-order valence-corrected chi connectivity index (χ2v) is 13.0. The maximum Gasteiger partial charge on any atom is 0.337 e. The number of hydrogen-bond donors (Lipinski definition) is 1. The first-order valence-electron chi connectivity index (χ1n) is 16.1. The van der Waals surface area contributed by atoms with Crippen LogP contribution in [0.2, 0.25) is 0 Å². The molecule has 5 aromatic rings. The summed E-state index contributed by atoms with van der Waals surface area (Å²) in [5, 5.41) is 15.5. The summed E-state index contributed by atoms with van der Waals surface area (Å²) in [7, 11) is 0. The van der Waals surface area contributed by atoms with Crippen LogP contribution in [0, 0.1) is 19.7 Å². The number of rotatable bonds is 3. The summed E-state index contributed by atoms with van der Waals surface area (Å²) in [6, 6.07) is 20.2. The Bertz CT molecular complexity index is 1940. The standard InChI is InChI=1S/C38H40FN3O5/c1-23-13-14-27-20-31(23)45-17-8-6-7-9-18-46-32-21-28(39)15-16-29(32)25-11-10-12-26(19-25)30-22-33-40-24(2)34(35(27)42(33)41-30)36(37(43)44)47-38(3,4)5/h10-16,19-22,36H,6-9,17-18H2,1-5H3,(H,43,44)/t36-/m0/s1. The summed E-state index contributed by atoms with van der Waals surface area (Å²) in [4.78, 5) is 17.7. The van der Waals surface area contributed by atoms with E-state index in [0.717, 1.165) is 59.3 Å². The first-order valence-corrected chi connectivity index (χ1v) is 16.1. The number of carboxylic acid groups (broad SMARTS) is 1. The van der Waals surface area contributed by atoms with Crippen LogP contribution in [0.1, 0.15) is 69.4 Å². The fourth-order valence-electron chi connectivity index (χ4n) is 5.98. The van der Waals surface area contributed by atoms with E-state index in [1.165, 1.54) is 12.1 Å². The molecule has 0 aliphatic carbocycles. The second kappa shape index (κ2) is 13.2. The molecule has 2 aromatic heterocycles. The average molecular weight is 638 g/mol. The quantitative estimate of drug-likeness (QED) is 0.211. The van der Waals surface area contributed by atoms with Gasteiger partial charge in [-0.15, -0.1) is 0 Å². The Morgan fingerprint density at radius 3 is 2.34 bits per heavy atom. The molecule has 0 fully saturated rings. The summed E-state index contributed by atoms with van der Waals surface area (Å²) in [6.07, 6.45) is 2.29. The van der Waals surface area contributed by atoms with Crippen molar-refractivity contribution in [2.24, 2.45) is 0 Å². The zero-order valence-electron chi connectivity index (χ0n) is 27.5. The molecular formula is C38H40FN3O5. The van der Waals surface area contributed by atoms with E-state index >= 15 is 0 Å². The van der Waals surface area contributed by atoms with Crippen molar-refractivity contribution in [3.05, 3.63) is 89.4 Å². The number of halogens is 1. The second-order valence-electron chi connectivity index (χ2n) is 13.0. The monoisotopic (exact) mass is 637 g/mol. The predicted molar refractivity (Wildman–Crippen MR) is 179 cm³/mol. The highest BCUT2D eigenvalue weighted by Crippen LogP contribution is 2.39. The van der Waals surface area contributed by atoms with Crippen molar-refractivity contribution in [3.8, 4) is 45.1 Å². The third-order valence-electron chi connectivity index (χ3n) is 8.22. The highest BCUT2D eigenvalue weighted by molar-refractivity contribution is 5.82. The first-order chi connectivity index (χ1) is 22.5. The van der Waals surface area contributed by atoms with Gasteiger partial charge in [-0.05, 0) is 95.7 Å². The summed E-state index contributed by atoms with van der Waals surface area (Å²) in [5.74, 6) is -0.263. The smallest absolute Gasteiger partial charge is 0.337 e. The van der Waals surface area contributed by atoms with Crippen LogP contribution >= 0.6 is 0 Å². The van der Waals surface area contributed by atoms with Crippen LogP contribution in [0.5, 0.6) is 11.5 Å². The van der Waals surface area contributed by atoms with Crippen molar-refractivity contribution in [2.75, 3.05) is 13.2 Å². The molecule has 0 spiro atoms. The van der Waals surface area contributed by atoms with Gasteiger partial charge in [0.1, 0.15) is 17.3 Å². The number of hydrogen-bond acceptors (Lipinski definition) is 6. The lowest BCUT2D eigenvalue weighted by Gasteiger charge is -2.27. The van der Waals surface area contributed by atoms with E-state index in [2.05, 4.69) is 0 Å². The molecule has 0 saturated carbocycles. The molecule has 244 valence electrons. The maximum absolute atomic E-state index is 14.3. The number of nitrogens with zero attached hydrogens (tertiary/aromatic N) is 3. The molecule has 47 heavy (non-hydrogen) atoms. The Balaban J connectivity index is 1.59. The van der Waals surface area contributed by atoms with Crippen LogP contribution in [0.25, 0.3) is 39.3 Å². The molecule has 3 heterocycles. The Labute approximate surface area is 274 Å². The van der Waals surface area contributed by atoms with Gasteiger partial charge >= 0.3 is 5.97 Å². The minimum absolute atomic E-state index is 0.356. The fraction of sp³-hybridized carbons (Fsp3) is 0.342. The Hall–Kier alpha value is -4.76. The van der Waals surface area contributed by atoms with Crippen LogP contribution in [-0.2, 0) is 9.53 Å². The molecule has 3 aromatic carbocycles. The normalized spacial score (nSPS) is 14.6. The van der Waals surface area contributed by atoms with Crippen molar-refractivity contribution in [2.45, 2.75) is 72.0 Å². The van der Waals surface area contributed by atoms with Crippen LogP contribution in [-0.4, -0.2) is 44.5 Å². The summed E-state index contributed by atoms with van der Waals surface area (Å²) < 4.78 is 34.6. The number of aryl methyl sites for hydroxylation is 2. The van der Waals surface area contributed by atoms with Gasteiger partial charge in [-0.1, -0.05) is 30.3 Å². The Morgan fingerprint density at radius 1 is 0.894 bits per heavy atom.